The lowest BCUT2D eigenvalue weighted by molar-refractivity contribution is 0.905. The number of fused-ring (bicyclic) bond motifs is 1. The van der Waals surface area contributed by atoms with Gasteiger partial charge in [-0.25, -0.2) is 9.97 Å². The van der Waals surface area contributed by atoms with Crippen molar-refractivity contribution in [3.05, 3.63) is 29.8 Å². The molecule has 2 aromatic rings. The highest BCUT2D eigenvalue weighted by molar-refractivity contribution is 6.00. The molecule has 0 atom stereocenters. The number of aromatic amines is 1. The molecule has 1 aliphatic heterocycles. The summed E-state index contributed by atoms with van der Waals surface area (Å²) < 4.78 is 0. The van der Waals surface area contributed by atoms with E-state index in [2.05, 4.69) is 25.2 Å². The summed E-state index contributed by atoms with van der Waals surface area (Å²) in [4.78, 5) is 13.0. The number of aromatic nitrogens is 4. The number of rotatable bonds is 1. The van der Waals surface area contributed by atoms with E-state index in [1.165, 1.54) is 5.56 Å². The van der Waals surface area contributed by atoms with Crippen molar-refractivity contribution in [3.8, 4) is 11.4 Å². The summed E-state index contributed by atoms with van der Waals surface area (Å²) in [5, 5.41) is 6.89. The molecule has 0 aliphatic carbocycles. The third-order valence-corrected chi connectivity index (χ3v) is 2.75. The van der Waals surface area contributed by atoms with Gasteiger partial charge in [0.05, 0.1) is 22.8 Å². The Morgan fingerprint density at radius 1 is 1.25 bits per heavy atom. The molecule has 0 unspecified atom stereocenters. The number of hydrogen-bond donors (Lipinski definition) is 1. The molecule has 0 saturated carbocycles. The van der Waals surface area contributed by atoms with Crippen LogP contribution >= 0.6 is 0 Å². The predicted octanol–water partition coefficient (Wildman–Crippen LogP) is 1.23. The molecule has 1 aliphatic rings. The van der Waals surface area contributed by atoms with Crippen LogP contribution in [-0.4, -0.2) is 32.4 Å². The molecule has 0 spiro atoms. The fourth-order valence-electron chi connectivity index (χ4n) is 1.99. The molecule has 0 saturated heterocycles. The van der Waals surface area contributed by atoms with Crippen LogP contribution in [0.1, 0.15) is 18.2 Å². The highest BCUT2D eigenvalue weighted by Crippen LogP contribution is 2.23. The number of hydrogen-bond acceptors (Lipinski definition) is 4. The zero-order valence-corrected chi connectivity index (χ0v) is 8.94. The van der Waals surface area contributed by atoms with Gasteiger partial charge in [0.2, 0.25) is 0 Å². The fraction of sp³-hybridized carbons (Fsp3) is 0.273. The third-order valence-electron chi connectivity index (χ3n) is 2.75. The average Bonchev–Trinajstić information content (AvgIpc) is 2.82. The van der Waals surface area contributed by atoms with Crippen LogP contribution in [0.25, 0.3) is 11.4 Å². The van der Waals surface area contributed by atoms with Gasteiger partial charge in [-0.3, -0.25) is 10.1 Å². The Labute approximate surface area is 92.7 Å². The number of aliphatic imine (C=N–C) groups is 1. The van der Waals surface area contributed by atoms with Crippen molar-refractivity contribution in [1.82, 2.24) is 20.2 Å². The SMILES string of the molecule is CC1=NCCc2c1ncnc2-c1ccn[nH]1. The zero-order valence-electron chi connectivity index (χ0n) is 8.94. The van der Waals surface area contributed by atoms with E-state index >= 15 is 0 Å². The lowest BCUT2D eigenvalue weighted by atomic mass is 10.0. The van der Waals surface area contributed by atoms with E-state index in [-0.39, 0.29) is 0 Å². The Balaban J connectivity index is 2.22. The molecular weight excluding hydrogens is 202 g/mol. The van der Waals surface area contributed by atoms with Gasteiger partial charge in [-0.1, -0.05) is 0 Å². The highest BCUT2D eigenvalue weighted by Gasteiger charge is 2.18. The first kappa shape index (κ1) is 9.21. The van der Waals surface area contributed by atoms with Crippen molar-refractivity contribution < 1.29 is 0 Å². The van der Waals surface area contributed by atoms with Gasteiger partial charge in [-0.15, -0.1) is 0 Å². The summed E-state index contributed by atoms with van der Waals surface area (Å²) in [5.74, 6) is 0. The number of H-pyrrole nitrogens is 1. The van der Waals surface area contributed by atoms with Gasteiger partial charge >= 0.3 is 0 Å². The van der Waals surface area contributed by atoms with E-state index in [1.54, 1.807) is 12.5 Å². The second-order valence-electron chi connectivity index (χ2n) is 3.74. The summed E-state index contributed by atoms with van der Waals surface area (Å²) in [6.45, 7) is 2.80. The van der Waals surface area contributed by atoms with Crippen molar-refractivity contribution in [2.75, 3.05) is 6.54 Å². The highest BCUT2D eigenvalue weighted by atomic mass is 15.1. The first-order chi connectivity index (χ1) is 7.86. The van der Waals surface area contributed by atoms with Gasteiger partial charge in [-0.2, -0.15) is 5.10 Å². The van der Waals surface area contributed by atoms with E-state index in [9.17, 15) is 0 Å². The Morgan fingerprint density at radius 2 is 2.12 bits per heavy atom. The molecule has 0 bridgehead atoms. The number of nitrogens with one attached hydrogen (secondary N) is 1. The minimum Gasteiger partial charge on any atom is -0.287 e. The van der Waals surface area contributed by atoms with E-state index in [4.69, 9.17) is 0 Å². The molecule has 5 nitrogen and oxygen atoms in total. The Morgan fingerprint density at radius 3 is 2.94 bits per heavy atom. The van der Waals surface area contributed by atoms with Gasteiger partial charge in [0, 0.05) is 18.3 Å². The minimum absolute atomic E-state index is 0.813. The summed E-state index contributed by atoms with van der Waals surface area (Å²) >= 11 is 0. The Bertz CT molecular complexity index is 542. The number of nitrogens with zero attached hydrogens (tertiary/aromatic N) is 4. The molecule has 3 heterocycles. The molecule has 0 aromatic carbocycles. The van der Waals surface area contributed by atoms with Crippen molar-refractivity contribution in [2.24, 2.45) is 4.99 Å². The monoisotopic (exact) mass is 213 g/mol. The van der Waals surface area contributed by atoms with Crippen LogP contribution in [-0.2, 0) is 6.42 Å². The molecule has 2 aromatic heterocycles. The van der Waals surface area contributed by atoms with Crippen LogP contribution in [0, 0.1) is 0 Å². The quantitative estimate of drug-likeness (QED) is 0.774. The Kier molecular flexibility index (Phi) is 2.02. The van der Waals surface area contributed by atoms with Gasteiger partial charge in [0.25, 0.3) is 0 Å². The van der Waals surface area contributed by atoms with E-state index < -0.39 is 0 Å². The van der Waals surface area contributed by atoms with Gasteiger partial charge in [0.1, 0.15) is 6.33 Å². The third kappa shape index (κ3) is 1.32. The maximum Gasteiger partial charge on any atom is 0.116 e. The molecule has 0 radical (unpaired) electrons. The topological polar surface area (TPSA) is 66.8 Å². The van der Waals surface area contributed by atoms with E-state index in [0.29, 0.717) is 0 Å². The summed E-state index contributed by atoms with van der Waals surface area (Å²) in [7, 11) is 0. The zero-order chi connectivity index (χ0) is 11.0. The van der Waals surface area contributed by atoms with Crippen LogP contribution in [0.4, 0.5) is 0 Å². The summed E-state index contributed by atoms with van der Waals surface area (Å²) in [6.07, 6.45) is 4.20. The van der Waals surface area contributed by atoms with Crippen LogP contribution < -0.4 is 0 Å². The normalized spacial score (nSPS) is 14.4. The molecule has 1 N–H and O–H groups in total. The molecule has 80 valence electrons. The maximum atomic E-state index is 4.39. The molecule has 16 heavy (non-hydrogen) atoms. The van der Waals surface area contributed by atoms with Gasteiger partial charge in [-0.05, 0) is 19.4 Å². The lowest BCUT2D eigenvalue weighted by Gasteiger charge is -2.15. The molecule has 3 rings (SSSR count). The van der Waals surface area contributed by atoms with Gasteiger partial charge in [0.15, 0.2) is 0 Å². The first-order valence-electron chi connectivity index (χ1n) is 5.21. The Hall–Kier alpha value is -2.04. The van der Waals surface area contributed by atoms with Crippen LogP contribution in [0.15, 0.2) is 23.6 Å². The predicted molar refractivity (Wildman–Crippen MR) is 60.4 cm³/mol. The maximum absolute atomic E-state index is 4.39. The van der Waals surface area contributed by atoms with E-state index in [0.717, 1.165) is 35.8 Å². The second-order valence-corrected chi connectivity index (χ2v) is 3.74. The van der Waals surface area contributed by atoms with Crippen molar-refractivity contribution in [1.29, 1.82) is 0 Å². The van der Waals surface area contributed by atoms with Crippen molar-refractivity contribution in [3.63, 3.8) is 0 Å². The summed E-state index contributed by atoms with van der Waals surface area (Å²) in [6, 6.07) is 1.92. The minimum atomic E-state index is 0.813. The average molecular weight is 213 g/mol. The van der Waals surface area contributed by atoms with Crippen LogP contribution in [0.5, 0.6) is 0 Å². The van der Waals surface area contributed by atoms with Crippen LogP contribution in [0.2, 0.25) is 0 Å². The molecule has 0 fully saturated rings. The smallest absolute Gasteiger partial charge is 0.116 e. The molecule has 0 amide bonds. The first-order valence-corrected chi connectivity index (χ1v) is 5.21. The van der Waals surface area contributed by atoms with Crippen molar-refractivity contribution >= 4 is 5.71 Å². The largest absolute Gasteiger partial charge is 0.287 e. The lowest BCUT2D eigenvalue weighted by Crippen LogP contribution is -2.14. The molecular formula is C11H11N5. The standard InChI is InChI=1S/C11H11N5/c1-7-10-8(2-4-12-7)11(14-6-13-10)9-3-5-15-16-9/h3,5-6H,2,4H2,1H3,(H,15,16). The summed E-state index contributed by atoms with van der Waals surface area (Å²) in [5.41, 5.74) is 5.00. The molecule has 5 heteroatoms. The fourth-order valence-corrected chi connectivity index (χ4v) is 1.99. The van der Waals surface area contributed by atoms with E-state index in [1.807, 2.05) is 13.0 Å². The second kappa shape index (κ2) is 3.52. The van der Waals surface area contributed by atoms with Crippen LogP contribution in [0.3, 0.4) is 0 Å². The van der Waals surface area contributed by atoms with Gasteiger partial charge < -0.3 is 0 Å². The van der Waals surface area contributed by atoms with Crippen molar-refractivity contribution in [2.45, 2.75) is 13.3 Å².